The van der Waals surface area contributed by atoms with Crippen LogP contribution in [0.1, 0.15) is 118 Å². The molecule has 2 heterocycles. The maximum atomic E-state index is 13.9. The summed E-state index contributed by atoms with van der Waals surface area (Å²) in [7, 11) is -15.0. The Morgan fingerprint density at radius 2 is 1.26 bits per heavy atom. The first kappa shape index (κ1) is 75.8. The number of nitrogens with two attached hydrogens (primary N) is 3. The number of hydrogen-bond donors (Lipinski definition) is 13. The number of hydrogen-bond acceptors (Lipinski definition) is 26. The molecule has 3 amide bonds. The first-order chi connectivity index (χ1) is 45.7. The number of nitrogens with one attached hydrogen (secondary N) is 7. The number of Topliss-reactive ketones (excluding diaryl/α,β-unsaturated/α-hetero) is 3. The highest BCUT2D eigenvalue weighted by atomic mass is 32.2. The second kappa shape index (κ2) is 31.3. The van der Waals surface area contributed by atoms with Gasteiger partial charge in [-0.1, -0.05) is 64.4 Å². The van der Waals surface area contributed by atoms with E-state index >= 15 is 0 Å². The highest BCUT2D eigenvalue weighted by Gasteiger charge is 2.42. The Labute approximate surface area is 563 Å². The number of H-pyrrole nitrogens is 1. The smallest absolute Gasteiger partial charge is 0.296 e. The van der Waals surface area contributed by atoms with Gasteiger partial charge in [0.1, 0.15) is 28.0 Å². The van der Waals surface area contributed by atoms with Gasteiger partial charge in [-0.3, -0.25) is 52.0 Å². The van der Waals surface area contributed by atoms with Gasteiger partial charge < -0.3 is 63.6 Å². The normalized spacial score (nSPS) is 13.3. The molecule has 0 bridgehead atoms. The van der Waals surface area contributed by atoms with Gasteiger partial charge in [-0.05, 0) is 69.2 Å². The van der Waals surface area contributed by atoms with Gasteiger partial charge in [0.05, 0.1) is 70.8 Å². The van der Waals surface area contributed by atoms with Crippen molar-refractivity contribution in [3.63, 3.8) is 0 Å². The fourth-order valence-corrected chi connectivity index (χ4v) is 12.0. The maximum Gasteiger partial charge on any atom is 0.296 e. The van der Waals surface area contributed by atoms with Gasteiger partial charge in [0.25, 0.3) is 30.4 Å². The van der Waals surface area contributed by atoms with E-state index in [1.54, 1.807) is 27.7 Å². The van der Waals surface area contributed by atoms with Crippen molar-refractivity contribution < 1.29 is 86.7 Å². The third-order valence-corrected chi connectivity index (χ3v) is 18.4. The lowest BCUT2D eigenvalue weighted by atomic mass is 9.71. The van der Waals surface area contributed by atoms with Gasteiger partial charge >= 0.3 is 0 Å². The van der Waals surface area contributed by atoms with Crippen LogP contribution in [0.25, 0.3) is 0 Å². The van der Waals surface area contributed by atoms with Crippen molar-refractivity contribution in [2.75, 3.05) is 66.5 Å². The van der Waals surface area contributed by atoms with Crippen LogP contribution in [0, 0.1) is 16.7 Å². The number of amides is 3. The third-order valence-electron chi connectivity index (χ3n) is 15.7. The van der Waals surface area contributed by atoms with Crippen LogP contribution in [-0.4, -0.2) is 162 Å². The van der Waals surface area contributed by atoms with E-state index in [0.29, 0.717) is 18.5 Å². The molecule has 98 heavy (non-hydrogen) atoms. The Morgan fingerprint density at radius 3 is 1.89 bits per heavy atom. The minimum Gasteiger partial charge on any atom is -0.397 e. The van der Waals surface area contributed by atoms with Gasteiger partial charge in [-0.15, -0.1) is 0 Å². The summed E-state index contributed by atoms with van der Waals surface area (Å²) in [6.45, 7) is 9.20. The van der Waals surface area contributed by atoms with Gasteiger partial charge in [0.2, 0.25) is 35.6 Å². The van der Waals surface area contributed by atoms with Crippen LogP contribution in [0.4, 0.5) is 46.3 Å². The lowest BCUT2D eigenvalue weighted by Crippen LogP contribution is -2.56. The summed E-state index contributed by atoms with van der Waals surface area (Å²) < 4.78 is 116. The topological polar surface area (TPSA) is 536 Å². The SMILES string of the molecule is CC(C)(CC(=O)C(C)(C)CC(=O)C(C)(C)NC(=O)[C@@H](N)Cc1cnc[nH]1)C(=O)C[C@@H](CCCCNC(=O)COCCOCCNc1nc(Nc2cccc(S(=O)(=O)O)c2)nc(Nc2ccc(Nc3cc(S(=O)(=O)O)c(N)c4c3C(=O)c3ccccc3C4=O)cc2S(=O)(=O)O)n1)C(N)=O. The first-order valence-corrected chi connectivity index (χ1v) is 34.6. The molecular weight excluding hydrogens is 1340 g/mol. The largest absolute Gasteiger partial charge is 0.397 e. The molecule has 0 aliphatic heterocycles. The van der Waals surface area contributed by atoms with Gasteiger partial charge in [0, 0.05) is 89.9 Å². The number of aromatic amines is 1. The van der Waals surface area contributed by atoms with E-state index in [9.17, 15) is 77.3 Å². The van der Waals surface area contributed by atoms with E-state index < -0.39 is 131 Å². The predicted octanol–water partition coefficient (Wildman–Crippen LogP) is 4.15. The number of nitrogens with zero attached hydrogens (tertiary/aromatic N) is 4. The number of carbonyl (C=O) groups is 8. The lowest BCUT2D eigenvalue weighted by Gasteiger charge is -2.33. The summed E-state index contributed by atoms with van der Waals surface area (Å²) in [5.74, 6) is -6.23. The fourth-order valence-electron chi connectivity index (χ4n) is 10.1. The molecule has 2 aromatic heterocycles. The van der Waals surface area contributed by atoms with Gasteiger partial charge in [-0.2, -0.15) is 40.2 Å². The Morgan fingerprint density at radius 1 is 0.643 bits per heavy atom. The fraction of sp³-hybridized carbons (Fsp3) is 0.387. The number of primary amides is 1. The average Bonchev–Trinajstić information content (AvgIpc) is 0.757. The number of ketones is 5. The van der Waals surface area contributed by atoms with Crippen molar-refractivity contribution in [3.05, 3.63) is 113 Å². The first-order valence-electron chi connectivity index (χ1n) is 30.2. The molecule has 36 heteroatoms. The Bertz CT molecular complexity index is 4410. The van der Waals surface area contributed by atoms with Crippen molar-refractivity contribution in [2.45, 2.75) is 113 Å². The zero-order chi connectivity index (χ0) is 72.3. The zero-order valence-corrected chi connectivity index (χ0v) is 56.5. The molecule has 16 N–H and O–H groups in total. The van der Waals surface area contributed by atoms with Crippen molar-refractivity contribution in [1.29, 1.82) is 0 Å². The summed E-state index contributed by atoms with van der Waals surface area (Å²) in [6.07, 6.45) is 3.47. The molecule has 0 fully saturated rings. The molecule has 2 atom stereocenters. The van der Waals surface area contributed by atoms with Crippen LogP contribution in [0.2, 0.25) is 0 Å². The van der Waals surface area contributed by atoms with E-state index in [4.69, 9.17) is 26.7 Å². The van der Waals surface area contributed by atoms with E-state index in [1.807, 2.05) is 0 Å². The van der Waals surface area contributed by atoms with Gasteiger partial charge in [-0.25, -0.2) is 4.98 Å². The monoisotopic (exact) mass is 1420 g/mol. The standard InChI is InChI=1S/C62H76N14O19S3/c1-60(2,29-47(78)61(3,4)30-48(79)62(5,6)76-56(84)41(63)26-37-31-66-33-69-37)46(77)24-34(55(65)83)12-9-10-19-67-49(80)32-95-23-22-94-21-20-68-57-73-58(71-35-13-11-14-38(25-35)96(85,86)87)75-59(74-57)72-42-18-17-36(27-44(42)97(88,89)90)70-43-28-45(98(91,92)93)52(64)51-50(43)53(81)39-15-7-8-16-40(39)54(51)82/h7-8,11,13-18,25,27-28,31,33-34,41,70H,9-10,12,19-24,26,29-30,32,63-64H2,1-6H3,(H2,65,83)(H,66,69)(H,67,80)(H,76,84)(H,85,86,87)(H,88,89,90)(H,91,92,93)(H3,68,71,72,73,74,75)/t34-,41+/m1/s1. The molecule has 526 valence electrons. The summed E-state index contributed by atoms with van der Waals surface area (Å²) in [5, 5.41) is 16.4. The van der Waals surface area contributed by atoms with Crippen LogP contribution in [0.5, 0.6) is 0 Å². The molecule has 33 nitrogen and oxygen atoms in total. The molecule has 0 radical (unpaired) electrons. The Kier molecular flexibility index (Phi) is 24.3. The summed E-state index contributed by atoms with van der Waals surface area (Å²) in [5.41, 5.74) is 11.9. The number of imidazole rings is 1. The van der Waals surface area contributed by atoms with E-state index in [2.05, 4.69) is 56.8 Å². The number of fused-ring (bicyclic) bond motifs is 2. The third kappa shape index (κ3) is 20.1. The van der Waals surface area contributed by atoms with Crippen LogP contribution >= 0.6 is 0 Å². The number of unbranched alkanes of at least 4 members (excludes halogenated alkanes) is 1. The van der Waals surface area contributed by atoms with Crippen molar-refractivity contribution in [3.8, 4) is 0 Å². The minimum atomic E-state index is -5.19. The molecule has 0 unspecified atom stereocenters. The highest BCUT2D eigenvalue weighted by molar-refractivity contribution is 7.86. The van der Waals surface area contributed by atoms with Gasteiger partial charge in [0.15, 0.2) is 17.3 Å². The highest BCUT2D eigenvalue weighted by Crippen LogP contribution is 2.41. The maximum absolute atomic E-state index is 13.9. The van der Waals surface area contributed by atoms with E-state index in [0.717, 1.165) is 30.3 Å². The summed E-state index contributed by atoms with van der Waals surface area (Å²) >= 11 is 0. The summed E-state index contributed by atoms with van der Waals surface area (Å²) in [6, 6.07) is 13.5. The van der Waals surface area contributed by atoms with Crippen molar-refractivity contribution in [1.82, 2.24) is 35.6 Å². The molecule has 1 aliphatic rings. The molecule has 1 aliphatic carbocycles. The molecule has 0 spiro atoms. The van der Waals surface area contributed by atoms with Crippen molar-refractivity contribution >= 4 is 123 Å². The number of ether oxygens (including phenoxy) is 2. The number of aromatic nitrogens is 5. The molecular formula is C62H76N14O19S3. The van der Waals surface area contributed by atoms with Crippen LogP contribution in [0.15, 0.2) is 100 Å². The van der Waals surface area contributed by atoms with E-state index in [1.165, 1.54) is 68.8 Å². The van der Waals surface area contributed by atoms with Crippen LogP contribution in [-0.2, 0) is 75.0 Å². The molecule has 4 aromatic carbocycles. The minimum absolute atomic E-state index is 0.00353. The zero-order valence-electron chi connectivity index (χ0n) is 54.0. The van der Waals surface area contributed by atoms with E-state index in [-0.39, 0.29) is 129 Å². The lowest BCUT2D eigenvalue weighted by molar-refractivity contribution is -0.140. The molecule has 0 saturated heterocycles. The quantitative estimate of drug-likeness (QED) is 0.0148. The Balaban J connectivity index is 0.885. The van der Waals surface area contributed by atoms with Crippen molar-refractivity contribution in [2.24, 2.45) is 28.2 Å². The predicted molar refractivity (Wildman–Crippen MR) is 355 cm³/mol. The summed E-state index contributed by atoms with van der Waals surface area (Å²) in [4.78, 5) is 124. The molecule has 7 rings (SSSR count). The number of rotatable bonds is 37. The average molecular weight is 1420 g/mol. The second-order valence-electron chi connectivity index (χ2n) is 24.8. The number of benzene rings is 4. The number of nitrogen functional groups attached to an aromatic ring is 1. The number of carbonyl (C=O) groups excluding carboxylic acids is 8. The van der Waals surface area contributed by atoms with Crippen LogP contribution in [0.3, 0.4) is 0 Å². The molecule has 0 saturated carbocycles. The number of anilines is 8. The molecule has 6 aromatic rings. The Hall–Kier alpha value is -9.53. The van der Waals surface area contributed by atoms with Crippen LogP contribution < -0.4 is 49.1 Å². The second-order valence-corrected chi connectivity index (χ2v) is 29.0.